The van der Waals surface area contributed by atoms with Crippen molar-refractivity contribution in [1.29, 1.82) is 10.5 Å². The summed E-state index contributed by atoms with van der Waals surface area (Å²) in [5, 5.41) is 20.2. The van der Waals surface area contributed by atoms with Gasteiger partial charge in [-0.2, -0.15) is 10.5 Å². The van der Waals surface area contributed by atoms with Crippen LogP contribution < -0.4 is 0 Å². The van der Waals surface area contributed by atoms with E-state index in [1.807, 2.05) is 12.1 Å². The van der Waals surface area contributed by atoms with Crippen molar-refractivity contribution in [2.45, 2.75) is 9.79 Å². The van der Waals surface area contributed by atoms with Crippen LogP contribution >= 0.6 is 21.4 Å². The standard InChI is InChI=1S/C16H6Cl2N2O4S2/c17-25(21,22)9-1-3-11-13(5-9)16(8-20)12-4-2-10(26(18,23)24)6-14(12)15(11)7-19/h1-6H. The van der Waals surface area contributed by atoms with E-state index in [4.69, 9.17) is 21.4 Å². The summed E-state index contributed by atoms with van der Waals surface area (Å²) in [6.07, 6.45) is 0. The Morgan fingerprint density at radius 3 is 1.27 bits per heavy atom. The lowest BCUT2D eigenvalue weighted by molar-refractivity contribution is 0.608. The zero-order valence-electron chi connectivity index (χ0n) is 12.6. The van der Waals surface area contributed by atoms with Crippen molar-refractivity contribution in [2.75, 3.05) is 0 Å². The molecule has 3 aromatic rings. The lowest BCUT2D eigenvalue weighted by Gasteiger charge is -2.11. The van der Waals surface area contributed by atoms with Gasteiger partial charge in [-0.15, -0.1) is 0 Å². The molecule has 0 N–H and O–H groups in total. The lowest BCUT2D eigenvalue weighted by atomic mass is 9.93. The summed E-state index contributed by atoms with van der Waals surface area (Å²) in [6, 6.07) is 11.5. The summed E-state index contributed by atoms with van der Waals surface area (Å²) in [6.45, 7) is 0. The number of rotatable bonds is 2. The van der Waals surface area contributed by atoms with Gasteiger partial charge in [0.15, 0.2) is 0 Å². The van der Waals surface area contributed by atoms with E-state index in [2.05, 4.69) is 0 Å². The number of hydrogen-bond donors (Lipinski definition) is 0. The van der Waals surface area contributed by atoms with E-state index in [0.717, 1.165) is 0 Å². The first-order chi connectivity index (χ1) is 12.1. The molecule has 0 aromatic heterocycles. The Kier molecular flexibility index (Phi) is 4.33. The molecule has 0 spiro atoms. The summed E-state index contributed by atoms with van der Waals surface area (Å²) in [5.74, 6) is 0. The van der Waals surface area contributed by atoms with Crippen LogP contribution in [0.2, 0.25) is 0 Å². The highest BCUT2D eigenvalue weighted by Crippen LogP contribution is 2.35. The third-order valence-electron chi connectivity index (χ3n) is 3.85. The fourth-order valence-corrected chi connectivity index (χ4v) is 4.29. The molecule has 0 aliphatic rings. The minimum absolute atomic E-state index is 0.0923. The van der Waals surface area contributed by atoms with Gasteiger partial charge in [-0.1, -0.05) is 12.1 Å². The van der Waals surface area contributed by atoms with Gasteiger partial charge in [0.1, 0.15) is 12.1 Å². The van der Waals surface area contributed by atoms with Crippen molar-refractivity contribution < 1.29 is 16.8 Å². The van der Waals surface area contributed by atoms with Crippen molar-refractivity contribution in [1.82, 2.24) is 0 Å². The minimum Gasteiger partial charge on any atom is -0.207 e. The number of nitrogens with zero attached hydrogens (tertiary/aromatic N) is 2. The van der Waals surface area contributed by atoms with Gasteiger partial charge >= 0.3 is 0 Å². The fourth-order valence-electron chi connectivity index (χ4n) is 2.73. The maximum atomic E-state index is 11.6. The monoisotopic (exact) mass is 424 g/mol. The van der Waals surface area contributed by atoms with E-state index in [1.54, 1.807) is 0 Å². The first-order valence-corrected chi connectivity index (χ1v) is 11.4. The zero-order valence-corrected chi connectivity index (χ0v) is 15.7. The molecule has 0 saturated carbocycles. The van der Waals surface area contributed by atoms with Crippen LogP contribution in [0.4, 0.5) is 0 Å². The maximum Gasteiger partial charge on any atom is 0.261 e. The molecule has 0 aliphatic carbocycles. The SMILES string of the molecule is N#Cc1c2ccc(S(=O)(=O)Cl)cc2c(C#N)c2ccc(S(=O)(=O)Cl)cc12. The van der Waals surface area contributed by atoms with Crippen LogP contribution in [0.5, 0.6) is 0 Å². The van der Waals surface area contributed by atoms with Gasteiger partial charge in [-0.25, -0.2) is 16.8 Å². The molecular formula is C16H6Cl2N2O4S2. The Labute approximate surface area is 157 Å². The zero-order chi connectivity index (χ0) is 19.3. The van der Waals surface area contributed by atoms with Gasteiger partial charge in [-0.3, -0.25) is 0 Å². The predicted molar refractivity (Wildman–Crippen MR) is 97.0 cm³/mol. The average Bonchev–Trinajstić information content (AvgIpc) is 2.56. The van der Waals surface area contributed by atoms with Crippen LogP contribution in [0.1, 0.15) is 11.1 Å². The molecular weight excluding hydrogens is 419 g/mol. The van der Waals surface area contributed by atoms with E-state index in [9.17, 15) is 27.4 Å². The normalized spacial score (nSPS) is 12.0. The molecule has 0 amide bonds. The molecule has 3 rings (SSSR count). The molecule has 0 atom stereocenters. The number of nitriles is 2. The molecule has 0 heterocycles. The second kappa shape index (κ2) is 6.11. The van der Waals surface area contributed by atoms with Gasteiger partial charge in [0.25, 0.3) is 18.1 Å². The average molecular weight is 425 g/mol. The van der Waals surface area contributed by atoms with Gasteiger partial charge in [-0.05, 0) is 24.3 Å². The molecule has 26 heavy (non-hydrogen) atoms. The Morgan fingerprint density at radius 1 is 0.654 bits per heavy atom. The Hall–Kier alpha value is -2.36. The molecule has 0 radical (unpaired) electrons. The molecule has 130 valence electrons. The molecule has 0 bridgehead atoms. The van der Waals surface area contributed by atoms with E-state index in [0.29, 0.717) is 10.8 Å². The molecule has 3 aromatic carbocycles. The predicted octanol–water partition coefficient (Wildman–Crippen LogP) is 3.59. The van der Waals surface area contributed by atoms with Gasteiger partial charge in [0.05, 0.1) is 20.9 Å². The van der Waals surface area contributed by atoms with Crippen molar-refractivity contribution in [3.05, 3.63) is 47.5 Å². The molecule has 0 unspecified atom stereocenters. The van der Waals surface area contributed by atoms with E-state index in [1.165, 1.54) is 36.4 Å². The highest BCUT2D eigenvalue weighted by molar-refractivity contribution is 8.14. The van der Waals surface area contributed by atoms with Crippen LogP contribution in [-0.2, 0) is 18.1 Å². The van der Waals surface area contributed by atoms with Crippen LogP contribution in [0.3, 0.4) is 0 Å². The number of hydrogen-bond acceptors (Lipinski definition) is 6. The number of fused-ring (bicyclic) bond motifs is 2. The Balaban J connectivity index is 2.60. The Bertz CT molecular complexity index is 1290. The molecule has 10 heteroatoms. The maximum absolute atomic E-state index is 11.6. The van der Waals surface area contributed by atoms with Crippen molar-refractivity contribution >= 4 is 61.0 Å². The first-order valence-electron chi connectivity index (χ1n) is 6.81. The van der Waals surface area contributed by atoms with E-state index in [-0.39, 0.29) is 31.7 Å². The van der Waals surface area contributed by atoms with Crippen LogP contribution in [0.15, 0.2) is 46.2 Å². The number of benzene rings is 3. The van der Waals surface area contributed by atoms with Gasteiger partial charge < -0.3 is 0 Å². The lowest BCUT2D eigenvalue weighted by Crippen LogP contribution is -1.96. The highest BCUT2D eigenvalue weighted by Gasteiger charge is 2.19. The summed E-state index contributed by atoms with van der Waals surface area (Å²) < 4.78 is 46.3. The van der Waals surface area contributed by atoms with Crippen molar-refractivity contribution in [3.63, 3.8) is 0 Å². The Morgan fingerprint density at radius 2 is 1.00 bits per heavy atom. The smallest absolute Gasteiger partial charge is 0.207 e. The summed E-state index contributed by atoms with van der Waals surface area (Å²) in [7, 11) is 2.65. The largest absolute Gasteiger partial charge is 0.261 e. The third kappa shape index (κ3) is 2.98. The number of halogens is 2. The summed E-state index contributed by atoms with van der Waals surface area (Å²) >= 11 is 0. The minimum atomic E-state index is -4.04. The summed E-state index contributed by atoms with van der Waals surface area (Å²) in [5.41, 5.74) is 0.185. The quantitative estimate of drug-likeness (QED) is 0.458. The molecule has 6 nitrogen and oxygen atoms in total. The van der Waals surface area contributed by atoms with E-state index >= 15 is 0 Å². The van der Waals surface area contributed by atoms with Crippen LogP contribution in [0.25, 0.3) is 21.5 Å². The van der Waals surface area contributed by atoms with Crippen molar-refractivity contribution in [2.24, 2.45) is 0 Å². The van der Waals surface area contributed by atoms with Crippen molar-refractivity contribution in [3.8, 4) is 12.1 Å². The van der Waals surface area contributed by atoms with Crippen LogP contribution in [0, 0.1) is 22.7 Å². The molecule has 0 saturated heterocycles. The van der Waals surface area contributed by atoms with Crippen LogP contribution in [-0.4, -0.2) is 16.8 Å². The second-order valence-electron chi connectivity index (χ2n) is 5.26. The fraction of sp³-hybridized carbons (Fsp3) is 0. The molecule has 0 fully saturated rings. The third-order valence-corrected chi connectivity index (χ3v) is 6.55. The van der Waals surface area contributed by atoms with E-state index < -0.39 is 18.1 Å². The topological polar surface area (TPSA) is 116 Å². The summed E-state index contributed by atoms with van der Waals surface area (Å²) in [4.78, 5) is -0.433. The molecule has 0 aliphatic heterocycles. The van der Waals surface area contributed by atoms with Gasteiger partial charge in [0.2, 0.25) is 0 Å². The van der Waals surface area contributed by atoms with Gasteiger partial charge in [0, 0.05) is 42.9 Å². The first kappa shape index (κ1) is 18.4. The highest BCUT2D eigenvalue weighted by atomic mass is 35.7. The second-order valence-corrected chi connectivity index (χ2v) is 10.4.